The molecular formula is C8H8BrClS. The molecule has 0 heterocycles. The summed E-state index contributed by atoms with van der Waals surface area (Å²) in [6.07, 6.45) is 2.07. The second-order valence-corrected chi connectivity index (χ2v) is 4.36. The van der Waals surface area contributed by atoms with E-state index < -0.39 is 0 Å². The minimum Gasteiger partial charge on any atom is -0.161 e. The van der Waals surface area contributed by atoms with Crippen LogP contribution in [0.2, 0.25) is 5.02 Å². The van der Waals surface area contributed by atoms with Gasteiger partial charge in [-0.3, -0.25) is 0 Å². The van der Waals surface area contributed by atoms with E-state index in [2.05, 4.69) is 22.2 Å². The van der Waals surface area contributed by atoms with Crippen molar-refractivity contribution in [2.45, 2.75) is 5.75 Å². The largest absolute Gasteiger partial charge is 0.161 e. The van der Waals surface area contributed by atoms with E-state index in [1.54, 1.807) is 11.8 Å². The molecule has 1 aromatic rings. The van der Waals surface area contributed by atoms with Gasteiger partial charge in [-0.25, -0.2) is 0 Å². The van der Waals surface area contributed by atoms with E-state index in [0.29, 0.717) is 0 Å². The van der Waals surface area contributed by atoms with Gasteiger partial charge < -0.3 is 0 Å². The van der Waals surface area contributed by atoms with Crippen molar-refractivity contribution in [1.29, 1.82) is 0 Å². The van der Waals surface area contributed by atoms with E-state index in [1.807, 2.05) is 18.2 Å². The van der Waals surface area contributed by atoms with Crippen LogP contribution in [0.15, 0.2) is 22.7 Å². The van der Waals surface area contributed by atoms with Crippen LogP contribution in [0.5, 0.6) is 0 Å². The average molecular weight is 252 g/mol. The maximum atomic E-state index is 5.96. The molecule has 0 radical (unpaired) electrons. The highest BCUT2D eigenvalue weighted by Gasteiger charge is 1.98. The van der Waals surface area contributed by atoms with E-state index in [9.17, 15) is 0 Å². The molecule has 0 aliphatic rings. The first-order valence-corrected chi connectivity index (χ1v) is 5.73. The van der Waals surface area contributed by atoms with Crippen LogP contribution in [0.25, 0.3) is 0 Å². The zero-order valence-electron chi connectivity index (χ0n) is 6.10. The average Bonchev–Trinajstić information content (AvgIpc) is 1.95. The fourth-order valence-corrected chi connectivity index (χ4v) is 2.18. The highest BCUT2D eigenvalue weighted by atomic mass is 79.9. The Kier molecular flexibility index (Phi) is 3.76. The molecule has 0 nitrogen and oxygen atoms in total. The molecule has 0 aliphatic carbocycles. The van der Waals surface area contributed by atoms with Crippen molar-refractivity contribution in [3.63, 3.8) is 0 Å². The Morgan fingerprint density at radius 1 is 1.55 bits per heavy atom. The number of halogens is 2. The van der Waals surface area contributed by atoms with Gasteiger partial charge in [0.1, 0.15) is 0 Å². The quantitative estimate of drug-likeness (QED) is 0.766. The van der Waals surface area contributed by atoms with Crippen LogP contribution in [0.3, 0.4) is 0 Å². The van der Waals surface area contributed by atoms with Crippen molar-refractivity contribution in [1.82, 2.24) is 0 Å². The van der Waals surface area contributed by atoms with Gasteiger partial charge in [-0.1, -0.05) is 33.6 Å². The number of hydrogen-bond acceptors (Lipinski definition) is 1. The molecule has 0 aromatic heterocycles. The summed E-state index contributed by atoms with van der Waals surface area (Å²) in [5, 5.41) is 0.841. The Hall–Kier alpha value is 0.340. The lowest BCUT2D eigenvalue weighted by Crippen LogP contribution is -1.80. The minimum absolute atomic E-state index is 0.841. The molecule has 60 valence electrons. The van der Waals surface area contributed by atoms with Crippen LogP contribution in [-0.4, -0.2) is 6.26 Å². The Morgan fingerprint density at radius 2 is 2.27 bits per heavy atom. The van der Waals surface area contributed by atoms with Gasteiger partial charge in [0.25, 0.3) is 0 Å². The van der Waals surface area contributed by atoms with Crippen molar-refractivity contribution in [2.24, 2.45) is 0 Å². The molecule has 11 heavy (non-hydrogen) atoms. The Bertz CT molecular complexity index is 250. The van der Waals surface area contributed by atoms with Crippen molar-refractivity contribution in [3.05, 3.63) is 33.3 Å². The predicted molar refractivity (Wildman–Crippen MR) is 56.4 cm³/mol. The molecule has 0 atom stereocenters. The SMILES string of the molecule is CSCc1ccc(Br)cc1Cl. The third-order valence-electron chi connectivity index (χ3n) is 1.31. The zero-order valence-corrected chi connectivity index (χ0v) is 9.26. The second kappa shape index (κ2) is 4.39. The van der Waals surface area contributed by atoms with Crippen molar-refractivity contribution >= 4 is 39.3 Å². The number of hydrogen-bond donors (Lipinski definition) is 0. The van der Waals surface area contributed by atoms with E-state index in [4.69, 9.17) is 11.6 Å². The van der Waals surface area contributed by atoms with Gasteiger partial charge in [-0.15, -0.1) is 0 Å². The predicted octanol–water partition coefficient (Wildman–Crippen LogP) is 3.97. The number of rotatable bonds is 2. The first-order valence-electron chi connectivity index (χ1n) is 3.17. The molecule has 0 spiro atoms. The van der Waals surface area contributed by atoms with Crippen molar-refractivity contribution in [3.8, 4) is 0 Å². The monoisotopic (exact) mass is 250 g/mol. The van der Waals surface area contributed by atoms with Gasteiger partial charge >= 0.3 is 0 Å². The van der Waals surface area contributed by atoms with Crippen LogP contribution >= 0.6 is 39.3 Å². The summed E-state index contributed by atoms with van der Waals surface area (Å²) in [5.41, 5.74) is 1.20. The molecule has 1 rings (SSSR count). The van der Waals surface area contributed by atoms with Crippen LogP contribution in [0.4, 0.5) is 0 Å². The van der Waals surface area contributed by atoms with Gasteiger partial charge in [0.15, 0.2) is 0 Å². The van der Waals surface area contributed by atoms with Crippen LogP contribution in [-0.2, 0) is 5.75 Å². The third-order valence-corrected chi connectivity index (χ3v) is 2.76. The summed E-state index contributed by atoms with van der Waals surface area (Å²) in [7, 11) is 0. The van der Waals surface area contributed by atoms with E-state index in [1.165, 1.54) is 5.56 Å². The van der Waals surface area contributed by atoms with Crippen molar-refractivity contribution in [2.75, 3.05) is 6.26 Å². The maximum Gasteiger partial charge on any atom is 0.0457 e. The fraction of sp³-hybridized carbons (Fsp3) is 0.250. The summed E-state index contributed by atoms with van der Waals surface area (Å²) in [6.45, 7) is 0. The summed E-state index contributed by atoms with van der Waals surface area (Å²) >= 11 is 11.1. The lowest BCUT2D eigenvalue weighted by molar-refractivity contribution is 1.41. The molecular weight excluding hydrogens is 244 g/mol. The number of thioether (sulfide) groups is 1. The van der Waals surface area contributed by atoms with E-state index in [-0.39, 0.29) is 0 Å². The summed E-state index contributed by atoms with van der Waals surface area (Å²) in [5.74, 6) is 0.978. The lowest BCUT2D eigenvalue weighted by Gasteiger charge is -2.01. The molecule has 3 heteroatoms. The van der Waals surface area contributed by atoms with E-state index >= 15 is 0 Å². The number of benzene rings is 1. The Balaban J connectivity index is 2.90. The highest BCUT2D eigenvalue weighted by Crippen LogP contribution is 2.23. The third kappa shape index (κ3) is 2.69. The van der Waals surface area contributed by atoms with Gasteiger partial charge in [-0.05, 0) is 24.0 Å². The Morgan fingerprint density at radius 3 is 2.82 bits per heavy atom. The fourth-order valence-electron chi connectivity index (χ4n) is 0.794. The van der Waals surface area contributed by atoms with Gasteiger partial charge in [-0.2, -0.15) is 11.8 Å². The van der Waals surface area contributed by atoms with Crippen LogP contribution < -0.4 is 0 Å². The summed E-state index contributed by atoms with van der Waals surface area (Å²) in [4.78, 5) is 0. The second-order valence-electron chi connectivity index (χ2n) is 2.17. The Labute approximate surface area is 84.5 Å². The standard InChI is InChI=1S/C8H8BrClS/c1-11-5-6-2-3-7(9)4-8(6)10/h2-4H,5H2,1H3. The first-order chi connectivity index (χ1) is 5.24. The minimum atomic E-state index is 0.841. The highest BCUT2D eigenvalue weighted by molar-refractivity contribution is 9.10. The van der Waals surface area contributed by atoms with Gasteiger partial charge in [0, 0.05) is 15.2 Å². The molecule has 0 N–H and O–H groups in total. The molecule has 0 saturated heterocycles. The zero-order chi connectivity index (χ0) is 8.27. The van der Waals surface area contributed by atoms with Gasteiger partial charge in [0.2, 0.25) is 0 Å². The van der Waals surface area contributed by atoms with E-state index in [0.717, 1.165) is 15.2 Å². The molecule has 0 unspecified atom stereocenters. The lowest BCUT2D eigenvalue weighted by atomic mass is 10.2. The molecule has 0 amide bonds. The summed E-state index contributed by atoms with van der Waals surface area (Å²) < 4.78 is 1.03. The molecule has 0 aliphatic heterocycles. The first kappa shape index (κ1) is 9.43. The molecule has 0 bridgehead atoms. The van der Waals surface area contributed by atoms with Gasteiger partial charge in [0.05, 0.1) is 0 Å². The van der Waals surface area contributed by atoms with Crippen molar-refractivity contribution < 1.29 is 0 Å². The van der Waals surface area contributed by atoms with Crippen LogP contribution in [0.1, 0.15) is 5.56 Å². The molecule has 1 aromatic carbocycles. The molecule has 0 saturated carbocycles. The smallest absolute Gasteiger partial charge is 0.0457 e. The summed E-state index contributed by atoms with van der Waals surface area (Å²) in [6, 6.07) is 5.98. The van der Waals surface area contributed by atoms with Crippen LogP contribution in [0, 0.1) is 0 Å². The maximum absolute atomic E-state index is 5.96. The molecule has 0 fully saturated rings. The normalized spacial score (nSPS) is 10.1. The topological polar surface area (TPSA) is 0 Å².